The van der Waals surface area contributed by atoms with E-state index in [0.717, 1.165) is 12.1 Å². The smallest absolute Gasteiger partial charge is 0.0198 e. The summed E-state index contributed by atoms with van der Waals surface area (Å²) >= 11 is 0. The number of likely N-dealkylation sites (tertiary alicyclic amines) is 1. The molecule has 3 rings (SSSR count). The third-order valence-corrected chi connectivity index (χ3v) is 4.77. The second kappa shape index (κ2) is 3.74. The molecule has 1 N–H and O–H groups in total. The first-order valence-corrected chi connectivity index (χ1v) is 6.72. The summed E-state index contributed by atoms with van der Waals surface area (Å²) in [7, 11) is 0. The van der Waals surface area contributed by atoms with E-state index in [4.69, 9.17) is 0 Å². The summed E-state index contributed by atoms with van der Waals surface area (Å²) in [5, 5.41) is 3.76. The van der Waals surface area contributed by atoms with Crippen LogP contribution < -0.4 is 5.32 Å². The van der Waals surface area contributed by atoms with Gasteiger partial charge in [0.15, 0.2) is 0 Å². The maximum absolute atomic E-state index is 3.76. The Labute approximate surface area is 93.4 Å². The molecule has 2 unspecified atom stereocenters. The largest absolute Gasteiger partial charge is 0.310 e. The Morgan fingerprint density at radius 1 is 1.20 bits per heavy atom. The molecule has 3 aliphatic rings. The average Bonchev–Trinajstić information content (AvgIpc) is 2.48. The van der Waals surface area contributed by atoms with Gasteiger partial charge in [-0.15, -0.1) is 0 Å². The quantitative estimate of drug-likeness (QED) is 0.747. The van der Waals surface area contributed by atoms with Crippen LogP contribution in [-0.4, -0.2) is 36.6 Å². The Bertz CT molecular complexity index is 235. The van der Waals surface area contributed by atoms with Gasteiger partial charge in [0.05, 0.1) is 0 Å². The molecular weight excluding hydrogens is 184 g/mol. The lowest BCUT2D eigenvalue weighted by atomic mass is 9.70. The summed E-state index contributed by atoms with van der Waals surface area (Å²) in [6.07, 6.45) is 8.62. The van der Waals surface area contributed by atoms with Gasteiger partial charge in [0, 0.05) is 25.2 Å². The average molecular weight is 208 g/mol. The van der Waals surface area contributed by atoms with Crippen LogP contribution in [-0.2, 0) is 0 Å². The van der Waals surface area contributed by atoms with Crippen molar-refractivity contribution in [3.05, 3.63) is 0 Å². The maximum atomic E-state index is 3.76. The predicted molar refractivity (Wildman–Crippen MR) is 63.0 cm³/mol. The minimum absolute atomic E-state index is 0.670. The lowest BCUT2D eigenvalue weighted by Gasteiger charge is -2.42. The predicted octanol–water partition coefficient (Wildman–Crippen LogP) is 2.00. The monoisotopic (exact) mass is 208 g/mol. The van der Waals surface area contributed by atoms with Crippen LogP contribution in [0.15, 0.2) is 0 Å². The highest BCUT2D eigenvalue weighted by atomic mass is 15.2. The number of nitrogens with zero attached hydrogens (tertiary/aromatic N) is 1. The van der Waals surface area contributed by atoms with Crippen molar-refractivity contribution < 1.29 is 0 Å². The van der Waals surface area contributed by atoms with E-state index in [1.165, 1.54) is 58.2 Å². The highest BCUT2D eigenvalue weighted by molar-refractivity contribution is 4.93. The van der Waals surface area contributed by atoms with Crippen LogP contribution in [0.25, 0.3) is 0 Å². The molecule has 1 saturated carbocycles. The molecule has 0 amide bonds. The zero-order valence-corrected chi connectivity index (χ0v) is 9.97. The van der Waals surface area contributed by atoms with Crippen molar-refractivity contribution in [2.45, 2.75) is 57.5 Å². The summed E-state index contributed by atoms with van der Waals surface area (Å²) in [5.74, 6) is 0. The van der Waals surface area contributed by atoms with E-state index >= 15 is 0 Å². The van der Waals surface area contributed by atoms with Crippen molar-refractivity contribution in [2.24, 2.45) is 5.41 Å². The Morgan fingerprint density at radius 3 is 2.73 bits per heavy atom. The summed E-state index contributed by atoms with van der Waals surface area (Å²) in [5.41, 5.74) is 0.670. The second-order valence-electron chi connectivity index (χ2n) is 6.33. The van der Waals surface area contributed by atoms with Gasteiger partial charge in [0.2, 0.25) is 0 Å². The Balaban J connectivity index is 1.57. The number of hydrogen-bond acceptors (Lipinski definition) is 2. The molecule has 2 heteroatoms. The number of fused-ring (bicyclic) bond motifs is 2. The van der Waals surface area contributed by atoms with Crippen LogP contribution in [0.4, 0.5) is 0 Å². The van der Waals surface area contributed by atoms with Crippen LogP contribution >= 0.6 is 0 Å². The molecule has 2 saturated heterocycles. The van der Waals surface area contributed by atoms with Crippen molar-refractivity contribution >= 4 is 0 Å². The zero-order chi connectivity index (χ0) is 10.3. The highest BCUT2D eigenvalue weighted by Gasteiger charge is 2.36. The minimum Gasteiger partial charge on any atom is -0.310 e. The molecule has 0 aromatic rings. The Morgan fingerprint density at radius 2 is 2.00 bits per heavy atom. The van der Waals surface area contributed by atoms with Gasteiger partial charge in [-0.3, -0.25) is 0 Å². The van der Waals surface area contributed by atoms with Gasteiger partial charge >= 0.3 is 0 Å². The van der Waals surface area contributed by atoms with Crippen LogP contribution in [0.1, 0.15) is 45.4 Å². The third-order valence-electron chi connectivity index (χ3n) is 4.77. The lowest BCUT2D eigenvalue weighted by Crippen LogP contribution is -2.43. The van der Waals surface area contributed by atoms with E-state index in [1.54, 1.807) is 0 Å². The first-order valence-electron chi connectivity index (χ1n) is 6.72. The summed E-state index contributed by atoms with van der Waals surface area (Å²) in [4.78, 5) is 2.73. The summed E-state index contributed by atoms with van der Waals surface area (Å²) in [6, 6.07) is 1.65. The van der Waals surface area contributed by atoms with E-state index in [0.29, 0.717) is 5.41 Å². The topological polar surface area (TPSA) is 15.3 Å². The first-order chi connectivity index (χ1) is 7.23. The molecule has 0 aromatic carbocycles. The van der Waals surface area contributed by atoms with Gasteiger partial charge < -0.3 is 10.2 Å². The van der Waals surface area contributed by atoms with Crippen molar-refractivity contribution in [3.63, 3.8) is 0 Å². The molecule has 1 aliphatic carbocycles. The van der Waals surface area contributed by atoms with Crippen molar-refractivity contribution in [2.75, 3.05) is 19.6 Å². The molecule has 2 nitrogen and oxygen atoms in total. The lowest BCUT2D eigenvalue weighted by molar-refractivity contribution is 0.0825. The van der Waals surface area contributed by atoms with Crippen molar-refractivity contribution in [1.29, 1.82) is 0 Å². The molecule has 2 heterocycles. The molecule has 86 valence electrons. The van der Waals surface area contributed by atoms with E-state index in [2.05, 4.69) is 17.1 Å². The maximum Gasteiger partial charge on any atom is 0.0198 e. The molecule has 0 spiro atoms. The molecular formula is C13H24N2. The first kappa shape index (κ1) is 10.1. The molecule has 2 atom stereocenters. The van der Waals surface area contributed by atoms with Gasteiger partial charge in [-0.25, -0.2) is 0 Å². The fourth-order valence-corrected chi connectivity index (χ4v) is 3.64. The molecule has 2 bridgehead atoms. The molecule has 15 heavy (non-hydrogen) atoms. The van der Waals surface area contributed by atoms with E-state index < -0.39 is 0 Å². The molecule has 0 aromatic heterocycles. The fourth-order valence-electron chi connectivity index (χ4n) is 3.64. The van der Waals surface area contributed by atoms with Crippen molar-refractivity contribution in [3.8, 4) is 0 Å². The van der Waals surface area contributed by atoms with Crippen molar-refractivity contribution in [1.82, 2.24) is 10.2 Å². The van der Waals surface area contributed by atoms with Gasteiger partial charge in [0.25, 0.3) is 0 Å². The molecule has 0 radical (unpaired) electrons. The van der Waals surface area contributed by atoms with Crippen LogP contribution in [0.3, 0.4) is 0 Å². The van der Waals surface area contributed by atoms with Gasteiger partial charge in [-0.2, -0.15) is 0 Å². The second-order valence-corrected chi connectivity index (χ2v) is 6.33. The van der Waals surface area contributed by atoms with Crippen LogP contribution in [0.2, 0.25) is 0 Å². The van der Waals surface area contributed by atoms with Crippen LogP contribution in [0, 0.1) is 5.41 Å². The normalized spacial score (nSPS) is 39.8. The van der Waals surface area contributed by atoms with E-state index in [-0.39, 0.29) is 0 Å². The molecule has 2 aliphatic heterocycles. The number of rotatable bonds is 2. The van der Waals surface area contributed by atoms with E-state index in [1.807, 2.05) is 0 Å². The number of hydrogen-bond donors (Lipinski definition) is 1. The van der Waals surface area contributed by atoms with Gasteiger partial charge in [0.1, 0.15) is 0 Å². The third kappa shape index (κ3) is 2.07. The van der Waals surface area contributed by atoms with E-state index in [9.17, 15) is 0 Å². The van der Waals surface area contributed by atoms with Gasteiger partial charge in [-0.1, -0.05) is 13.3 Å². The highest BCUT2D eigenvalue weighted by Crippen LogP contribution is 2.41. The fraction of sp³-hybridized carbons (Fsp3) is 1.00. The minimum atomic E-state index is 0.670. The Hall–Kier alpha value is -0.0800. The molecule has 3 fully saturated rings. The Kier molecular flexibility index (Phi) is 2.52. The number of nitrogens with one attached hydrogen (secondary N) is 1. The summed E-state index contributed by atoms with van der Waals surface area (Å²) in [6.45, 7) is 6.49. The van der Waals surface area contributed by atoms with Gasteiger partial charge in [-0.05, 0) is 44.1 Å². The zero-order valence-electron chi connectivity index (χ0n) is 9.97. The van der Waals surface area contributed by atoms with Crippen LogP contribution in [0.5, 0.6) is 0 Å². The standard InChI is InChI=1S/C13H24N2/c1-13(6-2-7-13)10-15-8-5-11-3-4-12(9-15)14-11/h11-12,14H,2-10H2,1H3. The summed E-state index contributed by atoms with van der Waals surface area (Å²) < 4.78 is 0. The SMILES string of the molecule is CC1(CN2CCC3CCC(C2)N3)CCC1.